The van der Waals surface area contributed by atoms with E-state index >= 15 is 0 Å². The van der Waals surface area contributed by atoms with Crippen molar-refractivity contribution >= 4 is 29.1 Å². The molecule has 1 aliphatic heterocycles. The van der Waals surface area contributed by atoms with Crippen LogP contribution >= 0.6 is 23.2 Å². The van der Waals surface area contributed by atoms with Gasteiger partial charge in [0.25, 0.3) is 0 Å². The molecule has 22 heavy (non-hydrogen) atoms. The first-order valence-electron chi connectivity index (χ1n) is 7.10. The van der Waals surface area contributed by atoms with Gasteiger partial charge >= 0.3 is 0 Å². The largest absolute Gasteiger partial charge is 0.383 e. The standard InChI is InChI=1S/C15H19Cl2FN2O2/c1-22-7-6-20-5-4-13(19-14(21)9-16)15(20)10-2-3-11(17)12(18)8-10/h2-3,8,13,15H,4-7,9H2,1H3,(H,19,21)/t13-,15+/m1/s1. The van der Waals surface area contributed by atoms with Gasteiger partial charge in [-0.15, -0.1) is 11.6 Å². The summed E-state index contributed by atoms with van der Waals surface area (Å²) in [7, 11) is 1.64. The number of benzene rings is 1. The van der Waals surface area contributed by atoms with Gasteiger partial charge in [0.2, 0.25) is 5.91 Å². The average Bonchev–Trinajstić information content (AvgIpc) is 2.90. The minimum Gasteiger partial charge on any atom is -0.383 e. The lowest BCUT2D eigenvalue weighted by Crippen LogP contribution is -2.40. The van der Waals surface area contributed by atoms with E-state index in [0.29, 0.717) is 13.2 Å². The lowest BCUT2D eigenvalue weighted by atomic mass is 9.99. The van der Waals surface area contributed by atoms with Crippen molar-refractivity contribution < 1.29 is 13.9 Å². The highest BCUT2D eigenvalue weighted by atomic mass is 35.5. The fraction of sp³-hybridized carbons (Fsp3) is 0.533. The fourth-order valence-corrected chi connectivity index (χ4v) is 3.05. The van der Waals surface area contributed by atoms with Gasteiger partial charge in [-0.25, -0.2) is 4.39 Å². The van der Waals surface area contributed by atoms with E-state index in [1.165, 1.54) is 6.07 Å². The number of halogens is 3. The van der Waals surface area contributed by atoms with E-state index in [4.69, 9.17) is 27.9 Å². The maximum absolute atomic E-state index is 13.8. The van der Waals surface area contributed by atoms with E-state index in [9.17, 15) is 9.18 Å². The Balaban J connectivity index is 2.23. The molecule has 0 bridgehead atoms. The molecular weight excluding hydrogens is 330 g/mol. The topological polar surface area (TPSA) is 41.6 Å². The van der Waals surface area contributed by atoms with Gasteiger partial charge in [-0.2, -0.15) is 0 Å². The summed E-state index contributed by atoms with van der Waals surface area (Å²) in [4.78, 5) is 13.8. The van der Waals surface area contributed by atoms with Crippen LogP contribution < -0.4 is 5.32 Å². The van der Waals surface area contributed by atoms with Gasteiger partial charge in [0.1, 0.15) is 11.7 Å². The SMILES string of the molecule is COCCN1CC[C@@H](NC(=O)CCl)[C@@H]1c1ccc(Cl)c(F)c1. The Hall–Kier alpha value is -0.880. The number of carbonyl (C=O) groups is 1. The van der Waals surface area contributed by atoms with Crippen LogP contribution in [0.2, 0.25) is 5.02 Å². The number of alkyl halides is 1. The number of nitrogens with one attached hydrogen (secondary N) is 1. The smallest absolute Gasteiger partial charge is 0.235 e. The third-order valence-corrected chi connectivity index (χ3v) is 4.39. The molecule has 2 rings (SSSR count). The van der Waals surface area contributed by atoms with Crippen LogP contribution in [0.4, 0.5) is 4.39 Å². The summed E-state index contributed by atoms with van der Waals surface area (Å²) in [5, 5.41) is 3.00. The van der Waals surface area contributed by atoms with Crippen LogP contribution in [0.25, 0.3) is 0 Å². The molecule has 1 fully saturated rings. The molecule has 2 atom stereocenters. The third-order valence-electron chi connectivity index (χ3n) is 3.84. The van der Waals surface area contributed by atoms with E-state index in [1.807, 2.05) is 0 Å². The Labute approximate surface area is 139 Å². The Morgan fingerprint density at radius 3 is 2.95 bits per heavy atom. The van der Waals surface area contributed by atoms with E-state index in [1.54, 1.807) is 19.2 Å². The molecule has 0 unspecified atom stereocenters. The van der Waals surface area contributed by atoms with Crippen LogP contribution in [0.15, 0.2) is 18.2 Å². The zero-order valence-electron chi connectivity index (χ0n) is 12.3. The Kier molecular flexibility index (Phi) is 6.44. The molecule has 0 aromatic heterocycles. The van der Waals surface area contributed by atoms with Crippen molar-refractivity contribution in [3.05, 3.63) is 34.6 Å². The number of hydrogen-bond acceptors (Lipinski definition) is 3. The molecule has 122 valence electrons. The van der Waals surface area contributed by atoms with Crippen molar-refractivity contribution in [3.8, 4) is 0 Å². The molecule has 4 nitrogen and oxygen atoms in total. The number of hydrogen-bond donors (Lipinski definition) is 1. The lowest BCUT2D eigenvalue weighted by molar-refractivity contribution is -0.119. The summed E-state index contributed by atoms with van der Waals surface area (Å²) in [6.07, 6.45) is 0.779. The highest BCUT2D eigenvalue weighted by Crippen LogP contribution is 2.33. The predicted octanol–water partition coefficient (Wildman–Crippen LogP) is 2.60. The number of nitrogens with zero attached hydrogens (tertiary/aromatic N) is 1. The van der Waals surface area contributed by atoms with E-state index < -0.39 is 5.82 Å². The second kappa shape index (κ2) is 8.11. The monoisotopic (exact) mass is 348 g/mol. The number of ether oxygens (including phenoxy) is 1. The van der Waals surface area contributed by atoms with Gasteiger partial charge in [-0.1, -0.05) is 17.7 Å². The van der Waals surface area contributed by atoms with Crippen molar-refractivity contribution in [1.29, 1.82) is 0 Å². The molecule has 1 aromatic carbocycles. The summed E-state index contributed by atoms with van der Waals surface area (Å²) >= 11 is 11.3. The summed E-state index contributed by atoms with van der Waals surface area (Å²) in [6, 6.07) is 4.54. The van der Waals surface area contributed by atoms with Crippen molar-refractivity contribution in [3.63, 3.8) is 0 Å². The third kappa shape index (κ3) is 4.10. The van der Waals surface area contributed by atoms with Crippen molar-refractivity contribution in [1.82, 2.24) is 10.2 Å². The van der Waals surface area contributed by atoms with Crippen LogP contribution in [0.1, 0.15) is 18.0 Å². The quantitative estimate of drug-likeness (QED) is 0.803. The molecule has 0 saturated carbocycles. The van der Waals surface area contributed by atoms with Gasteiger partial charge in [0.15, 0.2) is 0 Å². The predicted molar refractivity (Wildman–Crippen MR) is 84.9 cm³/mol. The zero-order chi connectivity index (χ0) is 16.1. The van der Waals surface area contributed by atoms with Crippen LogP contribution in [0, 0.1) is 5.82 Å². The number of likely N-dealkylation sites (tertiary alicyclic amines) is 1. The minimum atomic E-state index is -0.458. The van der Waals surface area contributed by atoms with Gasteiger partial charge in [-0.3, -0.25) is 9.69 Å². The van der Waals surface area contributed by atoms with Crippen LogP contribution in [-0.4, -0.2) is 49.5 Å². The molecule has 1 heterocycles. The Morgan fingerprint density at radius 2 is 2.32 bits per heavy atom. The number of amides is 1. The maximum Gasteiger partial charge on any atom is 0.235 e. The molecule has 1 aromatic rings. The summed E-state index contributed by atoms with van der Waals surface area (Å²) < 4.78 is 18.9. The molecule has 0 radical (unpaired) electrons. The van der Waals surface area contributed by atoms with E-state index in [2.05, 4.69) is 10.2 Å². The molecule has 7 heteroatoms. The van der Waals surface area contributed by atoms with Crippen molar-refractivity contribution in [2.24, 2.45) is 0 Å². The first-order valence-corrected chi connectivity index (χ1v) is 8.01. The minimum absolute atomic E-state index is 0.0870. The van der Waals surface area contributed by atoms with Crippen LogP contribution in [-0.2, 0) is 9.53 Å². The van der Waals surface area contributed by atoms with Crippen LogP contribution in [0.3, 0.4) is 0 Å². The molecule has 1 saturated heterocycles. The number of rotatable bonds is 6. The molecule has 1 amide bonds. The summed E-state index contributed by atoms with van der Waals surface area (Å²) in [5.41, 5.74) is 0.787. The van der Waals surface area contributed by atoms with E-state index in [-0.39, 0.29) is 28.9 Å². The molecule has 0 aliphatic carbocycles. The average molecular weight is 349 g/mol. The Morgan fingerprint density at radius 1 is 1.55 bits per heavy atom. The molecule has 0 spiro atoms. The summed E-state index contributed by atoms with van der Waals surface area (Å²) in [6.45, 7) is 2.08. The van der Waals surface area contributed by atoms with Gasteiger partial charge in [0, 0.05) is 26.2 Å². The first-order chi connectivity index (χ1) is 10.6. The van der Waals surface area contributed by atoms with E-state index in [0.717, 1.165) is 18.5 Å². The zero-order valence-corrected chi connectivity index (χ0v) is 13.8. The van der Waals surface area contributed by atoms with Crippen LogP contribution in [0.5, 0.6) is 0 Å². The Bertz CT molecular complexity index is 530. The fourth-order valence-electron chi connectivity index (χ4n) is 2.85. The van der Waals surface area contributed by atoms with Gasteiger partial charge < -0.3 is 10.1 Å². The lowest BCUT2D eigenvalue weighted by Gasteiger charge is -2.29. The second-order valence-corrected chi connectivity index (χ2v) is 5.92. The number of methoxy groups -OCH3 is 1. The molecule has 1 N–H and O–H groups in total. The second-order valence-electron chi connectivity index (χ2n) is 5.24. The first kappa shape index (κ1) is 17.5. The number of carbonyl (C=O) groups excluding carboxylic acids is 1. The normalized spacial score (nSPS) is 22.0. The summed E-state index contributed by atoms with van der Waals surface area (Å²) in [5.74, 6) is -0.768. The highest BCUT2D eigenvalue weighted by Gasteiger charge is 2.36. The van der Waals surface area contributed by atoms with Gasteiger partial charge in [0.05, 0.1) is 17.7 Å². The van der Waals surface area contributed by atoms with Crippen molar-refractivity contribution in [2.45, 2.75) is 18.5 Å². The van der Waals surface area contributed by atoms with Crippen molar-refractivity contribution in [2.75, 3.05) is 32.7 Å². The highest BCUT2D eigenvalue weighted by molar-refractivity contribution is 6.30. The molecular formula is C15H19Cl2FN2O2. The maximum atomic E-state index is 13.8. The van der Waals surface area contributed by atoms with Gasteiger partial charge in [-0.05, 0) is 24.1 Å². The molecule has 1 aliphatic rings.